The van der Waals surface area contributed by atoms with E-state index in [0.717, 1.165) is 22.2 Å². The SMILES string of the molecule is CCOc1ccc(C2/C(=C(/O)c3ccc(OC)cc3)C(=O)C(=O)N2CCc2c[nH]c3ccc(OC)cc23)cc1. The molecule has 0 aliphatic carbocycles. The van der Waals surface area contributed by atoms with E-state index in [9.17, 15) is 14.7 Å². The Hall–Kier alpha value is -4.72. The molecule has 8 heteroatoms. The van der Waals surface area contributed by atoms with E-state index in [1.807, 2.05) is 43.5 Å². The van der Waals surface area contributed by atoms with Crippen molar-refractivity contribution in [2.45, 2.75) is 19.4 Å². The smallest absolute Gasteiger partial charge is 0.295 e. The van der Waals surface area contributed by atoms with Crippen molar-refractivity contribution in [2.75, 3.05) is 27.4 Å². The summed E-state index contributed by atoms with van der Waals surface area (Å²) in [4.78, 5) is 31.6. The van der Waals surface area contributed by atoms with Crippen LogP contribution in [0.1, 0.15) is 29.7 Å². The van der Waals surface area contributed by atoms with Crippen molar-refractivity contribution >= 4 is 28.4 Å². The normalized spacial score (nSPS) is 16.6. The Morgan fingerprint density at radius 3 is 2.26 bits per heavy atom. The third-order valence-corrected chi connectivity index (χ3v) is 7.01. The van der Waals surface area contributed by atoms with E-state index in [-0.39, 0.29) is 17.9 Å². The van der Waals surface area contributed by atoms with Gasteiger partial charge in [0.2, 0.25) is 0 Å². The molecule has 2 heterocycles. The standard InChI is InChI=1S/C31H30N2O6/c1-4-39-23-11-5-19(6-12-23)28-27(29(34)20-7-9-22(37-2)10-8-20)30(35)31(36)33(28)16-15-21-18-32-26-14-13-24(38-3)17-25(21)26/h5-14,17-18,28,32,34H,4,15-16H2,1-3H3/b29-27-. The summed E-state index contributed by atoms with van der Waals surface area (Å²) in [5.41, 5.74) is 3.12. The Morgan fingerprint density at radius 1 is 0.923 bits per heavy atom. The molecule has 1 fully saturated rings. The number of fused-ring (bicyclic) bond motifs is 1. The average molecular weight is 527 g/mol. The number of ketones is 1. The van der Waals surface area contributed by atoms with Crippen LogP contribution in [0, 0.1) is 0 Å². The number of aromatic amines is 1. The van der Waals surface area contributed by atoms with Gasteiger partial charge in [-0.1, -0.05) is 12.1 Å². The number of nitrogens with zero attached hydrogens (tertiary/aromatic N) is 1. The van der Waals surface area contributed by atoms with Gasteiger partial charge in [-0.05, 0) is 79.1 Å². The number of H-pyrrole nitrogens is 1. The zero-order valence-electron chi connectivity index (χ0n) is 22.1. The molecule has 1 saturated heterocycles. The molecular weight excluding hydrogens is 496 g/mol. The minimum absolute atomic E-state index is 0.0509. The third-order valence-electron chi connectivity index (χ3n) is 7.01. The summed E-state index contributed by atoms with van der Waals surface area (Å²) in [7, 11) is 3.17. The number of ether oxygens (including phenoxy) is 3. The lowest BCUT2D eigenvalue weighted by molar-refractivity contribution is -0.139. The minimum Gasteiger partial charge on any atom is -0.507 e. The highest BCUT2D eigenvalue weighted by molar-refractivity contribution is 6.46. The van der Waals surface area contributed by atoms with E-state index in [0.29, 0.717) is 35.7 Å². The van der Waals surface area contributed by atoms with Crippen LogP contribution >= 0.6 is 0 Å². The number of nitrogens with one attached hydrogen (secondary N) is 1. The molecule has 1 amide bonds. The fraction of sp³-hybridized carbons (Fsp3) is 0.226. The minimum atomic E-state index is -0.762. The largest absolute Gasteiger partial charge is 0.507 e. The molecule has 1 atom stereocenters. The second kappa shape index (κ2) is 10.9. The highest BCUT2D eigenvalue weighted by atomic mass is 16.5. The number of amides is 1. The molecular formula is C31H30N2O6. The molecule has 0 radical (unpaired) electrons. The molecule has 1 aliphatic heterocycles. The van der Waals surface area contributed by atoms with Gasteiger partial charge in [0.1, 0.15) is 23.0 Å². The first-order valence-electron chi connectivity index (χ1n) is 12.7. The maximum Gasteiger partial charge on any atom is 0.295 e. The van der Waals surface area contributed by atoms with Crippen molar-refractivity contribution in [3.63, 3.8) is 0 Å². The van der Waals surface area contributed by atoms with Gasteiger partial charge in [-0.2, -0.15) is 0 Å². The molecule has 8 nitrogen and oxygen atoms in total. The molecule has 39 heavy (non-hydrogen) atoms. The monoisotopic (exact) mass is 526 g/mol. The Morgan fingerprint density at radius 2 is 1.59 bits per heavy atom. The number of carbonyl (C=O) groups is 2. The van der Waals surface area contributed by atoms with Crippen LogP contribution in [0.25, 0.3) is 16.7 Å². The Balaban J connectivity index is 1.54. The van der Waals surface area contributed by atoms with Crippen molar-refractivity contribution in [3.05, 3.63) is 95.2 Å². The lowest BCUT2D eigenvalue weighted by atomic mass is 9.95. The van der Waals surface area contributed by atoms with E-state index in [4.69, 9.17) is 14.2 Å². The fourth-order valence-corrected chi connectivity index (χ4v) is 5.01. The summed E-state index contributed by atoms with van der Waals surface area (Å²) in [6, 6.07) is 19.0. The van der Waals surface area contributed by atoms with Crippen LogP contribution in [0.5, 0.6) is 17.2 Å². The summed E-state index contributed by atoms with van der Waals surface area (Å²) >= 11 is 0. The lowest BCUT2D eigenvalue weighted by Gasteiger charge is -2.25. The topological polar surface area (TPSA) is 101 Å². The molecule has 1 aromatic heterocycles. The molecule has 1 aliphatic rings. The van der Waals surface area contributed by atoms with Gasteiger partial charge in [0, 0.05) is 29.2 Å². The van der Waals surface area contributed by atoms with Crippen LogP contribution < -0.4 is 14.2 Å². The number of Topliss-reactive ketones (excluding diaryl/α,β-unsaturated/α-hetero) is 1. The summed E-state index contributed by atoms with van der Waals surface area (Å²) in [5, 5.41) is 12.3. The number of benzene rings is 3. The van der Waals surface area contributed by atoms with E-state index in [1.54, 1.807) is 50.6 Å². The van der Waals surface area contributed by atoms with Gasteiger partial charge in [0.15, 0.2) is 0 Å². The average Bonchev–Trinajstić information content (AvgIpc) is 3.49. The van der Waals surface area contributed by atoms with Gasteiger partial charge >= 0.3 is 0 Å². The molecule has 2 N–H and O–H groups in total. The van der Waals surface area contributed by atoms with Crippen molar-refractivity contribution in [2.24, 2.45) is 0 Å². The number of methoxy groups -OCH3 is 2. The molecule has 1 unspecified atom stereocenters. The van der Waals surface area contributed by atoms with Crippen LogP contribution in [0.2, 0.25) is 0 Å². The summed E-state index contributed by atoms with van der Waals surface area (Å²) < 4.78 is 16.2. The highest BCUT2D eigenvalue weighted by Gasteiger charge is 2.45. The van der Waals surface area contributed by atoms with Gasteiger partial charge in [-0.3, -0.25) is 9.59 Å². The first-order valence-corrected chi connectivity index (χ1v) is 12.7. The number of rotatable bonds is 9. The summed E-state index contributed by atoms with van der Waals surface area (Å²) in [6.45, 7) is 2.69. The van der Waals surface area contributed by atoms with Gasteiger partial charge in [0.05, 0.1) is 32.4 Å². The number of aromatic nitrogens is 1. The molecule has 5 rings (SSSR count). The van der Waals surface area contributed by atoms with Crippen LogP contribution in [0.3, 0.4) is 0 Å². The number of likely N-dealkylation sites (tertiary alicyclic amines) is 1. The first kappa shape index (κ1) is 25.9. The van der Waals surface area contributed by atoms with Crippen LogP contribution in [0.15, 0.2) is 78.5 Å². The van der Waals surface area contributed by atoms with E-state index >= 15 is 0 Å². The fourth-order valence-electron chi connectivity index (χ4n) is 5.01. The number of hydrogen-bond donors (Lipinski definition) is 2. The molecule has 0 spiro atoms. The predicted molar refractivity (Wildman–Crippen MR) is 148 cm³/mol. The Labute approximate surface area is 226 Å². The summed E-state index contributed by atoms with van der Waals surface area (Å²) in [5.74, 6) is 0.433. The molecule has 0 bridgehead atoms. The molecule has 0 saturated carbocycles. The maximum absolute atomic E-state index is 13.4. The van der Waals surface area contributed by atoms with E-state index < -0.39 is 17.7 Å². The number of aliphatic hydroxyl groups excluding tert-OH is 1. The highest BCUT2D eigenvalue weighted by Crippen LogP contribution is 2.40. The third kappa shape index (κ3) is 4.93. The van der Waals surface area contributed by atoms with E-state index in [1.165, 1.54) is 4.90 Å². The van der Waals surface area contributed by atoms with Gasteiger partial charge in [-0.25, -0.2) is 0 Å². The molecule has 200 valence electrons. The first-order chi connectivity index (χ1) is 18.9. The van der Waals surface area contributed by atoms with E-state index in [2.05, 4.69) is 4.98 Å². The van der Waals surface area contributed by atoms with Crippen LogP contribution in [0.4, 0.5) is 0 Å². The quantitative estimate of drug-likeness (QED) is 0.176. The molecule has 3 aromatic carbocycles. The van der Waals surface area contributed by atoms with Crippen molar-refractivity contribution in [1.82, 2.24) is 9.88 Å². The van der Waals surface area contributed by atoms with Crippen molar-refractivity contribution in [1.29, 1.82) is 0 Å². The Bertz CT molecular complexity index is 1540. The number of aliphatic hydroxyl groups is 1. The van der Waals surface area contributed by atoms with Crippen molar-refractivity contribution < 1.29 is 28.9 Å². The number of carbonyl (C=O) groups excluding carboxylic acids is 2. The van der Waals surface area contributed by atoms with Gasteiger partial charge in [-0.15, -0.1) is 0 Å². The number of hydrogen-bond acceptors (Lipinski definition) is 6. The van der Waals surface area contributed by atoms with Gasteiger partial charge in [0.25, 0.3) is 11.7 Å². The van der Waals surface area contributed by atoms with Crippen LogP contribution in [-0.2, 0) is 16.0 Å². The lowest BCUT2D eigenvalue weighted by Crippen LogP contribution is -2.31. The molecule has 4 aromatic rings. The van der Waals surface area contributed by atoms with Gasteiger partial charge < -0.3 is 29.2 Å². The van der Waals surface area contributed by atoms with Crippen molar-refractivity contribution in [3.8, 4) is 17.2 Å². The Kier molecular flexibility index (Phi) is 7.27. The second-order valence-electron chi connectivity index (χ2n) is 9.20. The van der Waals surface area contributed by atoms with Crippen LogP contribution in [-0.4, -0.2) is 54.1 Å². The zero-order valence-corrected chi connectivity index (χ0v) is 22.1. The predicted octanol–water partition coefficient (Wildman–Crippen LogP) is 5.25. The second-order valence-corrected chi connectivity index (χ2v) is 9.20. The summed E-state index contributed by atoms with van der Waals surface area (Å²) in [6.07, 6.45) is 2.40. The maximum atomic E-state index is 13.4. The zero-order chi connectivity index (χ0) is 27.5.